The van der Waals surface area contributed by atoms with E-state index in [1.165, 1.54) is 13.5 Å². The van der Waals surface area contributed by atoms with E-state index in [2.05, 4.69) is 31.1 Å². The summed E-state index contributed by atoms with van der Waals surface area (Å²) in [5.41, 5.74) is -0.487. The number of carbonyl (C=O) groups excluding carboxylic acids is 1. The monoisotopic (exact) mass is 256 g/mol. The van der Waals surface area contributed by atoms with Gasteiger partial charge < -0.3 is 15.0 Å². The number of hydrogen-bond donors (Lipinski definition) is 1. The third-order valence-corrected chi connectivity index (χ3v) is 4.64. The molecule has 3 unspecified atom stereocenters. The normalized spacial score (nSPS) is 30.2. The molecule has 1 fully saturated rings. The van der Waals surface area contributed by atoms with Crippen molar-refractivity contribution in [2.24, 2.45) is 0 Å². The van der Waals surface area contributed by atoms with E-state index in [1.54, 1.807) is 0 Å². The van der Waals surface area contributed by atoms with Crippen molar-refractivity contribution < 1.29 is 9.53 Å². The lowest BCUT2D eigenvalue weighted by Gasteiger charge is -2.43. The van der Waals surface area contributed by atoms with Crippen molar-refractivity contribution in [1.82, 2.24) is 10.2 Å². The van der Waals surface area contributed by atoms with Crippen molar-refractivity contribution in [1.29, 1.82) is 0 Å². The van der Waals surface area contributed by atoms with Gasteiger partial charge in [0.15, 0.2) is 0 Å². The van der Waals surface area contributed by atoms with Crippen molar-refractivity contribution >= 4 is 5.97 Å². The molecule has 0 aliphatic heterocycles. The SMILES string of the molecule is CCC(C)N(C)C1CCCC(NC)(C(=O)OC)C1. The van der Waals surface area contributed by atoms with Crippen LogP contribution in [-0.2, 0) is 9.53 Å². The zero-order chi connectivity index (χ0) is 13.8. The Morgan fingerprint density at radius 1 is 1.61 bits per heavy atom. The second-order valence-corrected chi connectivity index (χ2v) is 5.50. The second kappa shape index (κ2) is 6.53. The van der Waals surface area contributed by atoms with E-state index in [1.807, 2.05) is 7.05 Å². The first-order valence-electron chi connectivity index (χ1n) is 7.00. The molecule has 106 valence electrons. The van der Waals surface area contributed by atoms with Crippen molar-refractivity contribution in [3.63, 3.8) is 0 Å². The first kappa shape index (κ1) is 15.4. The van der Waals surface area contributed by atoms with Crippen LogP contribution in [0.15, 0.2) is 0 Å². The maximum atomic E-state index is 12.0. The van der Waals surface area contributed by atoms with E-state index >= 15 is 0 Å². The van der Waals surface area contributed by atoms with Crippen LogP contribution in [-0.4, -0.2) is 49.7 Å². The fraction of sp³-hybridized carbons (Fsp3) is 0.929. The summed E-state index contributed by atoms with van der Waals surface area (Å²) >= 11 is 0. The lowest BCUT2D eigenvalue weighted by Crippen LogP contribution is -2.58. The summed E-state index contributed by atoms with van der Waals surface area (Å²) in [6.45, 7) is 4.45. The Bertz CT molecular complexity index is 283. The van der Waals surface area contributed by atoms with Gasteiger partial charge in [-0.2, -0.15) is 0 Å². The molecule has 0 aromatic carbocycles. The van der Waals surface area contributed by atoms with Gasteiger partial charge in [0.25, 0.3) is 0 Å². The Labute approximate surface area is 111 Å². The maximum Gasteiger partial charge on any atom is 0.326 e. The predicted octanol–water partition coefficient (Wildman–Crippen LogP) is 1.79. The molecule has 3 atom stereocenters. The number of likely N-dealkylation sites (N-methyl/N-ethyl adjacent to an activating group) is 1. The predicted molar refractivity (Wildman–Crippen MR) is 73.6 cm³/mol. The van der Waals surface area contributed by atoms with Crippen LogP contribution in [0.2, 0.25) is 0 Å². The van der Waals surface area contributed by atoms with E-state index in [4.69, 9.17) is 4.74 Å². The van der Waals surface area contributed by atoms with Gasteiger partial charge in [0.05, 0.1) is 7.11 Å². The Kier molecular flexibility index (Phi) is 5.60. The topological polar surface area (TPSA) is 41.6 Å². The molecule has 0 bridgehead atoms. The van der Waals surface area contributed by atoms with Crippen LogP contribution in [0.1, 0.15) is 46.0 Å². The molecule has 1 aliphatic rings. The van der Waals surface area contributed by atoms with Crippen molar-refractivity contribution in [2.75, 3.05) is 21.2 Å². The lowest BCUT2D eigenvalue weighted by molar-refractivity contribution is -0.151. The van der Waals surface area contributed by atoms with Gasteiger partial charge in [-0.15, -0.1) is 0 Å². The molecule has 0 heterocycles. The molecule has 1 rings (SSSR count). The van der Waals surface area contributed by atoms with Gasteiger partial charge in [0.1, 0.15) is 5.54 Å². The van der Waals surface area contributed by atoms with Crippen LogP contribution in [0, 0.1) is 0 Å². The summed E-state index contributed by atoms with van der Waals surface area (Å²) < 4.78 is 4.98. The summed E-state index contributed by atoms with van der Waals surface area (Å²) in [7, 11) is 5.51. The molecule has 1 aliphatic carbocycles. The van der Waals surface area contributed by atoms with Crippen LogP contribution in [0.4, 0.5) is 0 Å². The molecular weight excluding hydrogens is 228 g/mol. The molecule has 4 nitrogen and oxygen atoms in total. The van der Waals surface area contributed by atoms with Gasteiger partial charge in [0, 0.05) is 12.1 Å². The minimum absolute atomic E-state index is 0.118. The standard InChI is InChI=1S/C14H28N2O2/c1-6-11(2)16(4)12-8-7-9-14(10-12,15-3)13(17)18-5/h11-12,15H,6-10H2,1-5H3. The van der Waals surface area contributed by atoms with Crippen LogP contribution < -0.4 is 5.32 Å². The van der Waals surface area contributed by atoms with Crippen LogP contribution in [0.5, 0.6) is 0 Å². The van der Waals surface area contributed by atoms with Gasteiger partial charge in [-0.1, -0.05) is 6.92 Å². The Hall–Kier alpha value is -0.610. The summed E-state index contributed by atoms with van der Waals surface area (Å²) in [4.78, 5) is 14.4. The number of nitrogens with zero attached hydrogens (tertiary/aromatic N) is 1. The van der Waals surface area contributed by atoms with E-state index < -0.39 is 5.54 Å². The number of esters is 1. The fourth-order valence-electron chi connectivity index (χ4n) is 2.95. The van der Waals surface area contributed by atoms with Gasteiger partial charge in [-0.05, 0) is 53.1 Å². The third kappa shape index (κ3) is 3.04. The van der Waals surface area contributed by atoms with Crippen LogP contribution in [0.25, 0.3) is 0 Å². The number of hydrogen-bond acceptors (Lipinski definition) is 4. The van der Waals surface area contributed by atoms with Gasteiger partial charge in [-0.3, -0.25) is 4.79 Å². The summed E-state index contributed by atoms with van der Waals surface area (Å²) in [6.07, 6.45) is 5.10. The summed E-state index contributed by atoms with van der Waals surface area (Å²) in [6, 6.07) is 1.01. The quantitative estimate of drug-likeness (QED) is 0.762. The highest BCUT2D eigenvalue weighted by molar-refractivity contribution is 5.81. The molecule has 0 saturated heterocycles. The highest BCUT2D eigenvalue weighted by atomic mass is 16.5. The molecule has 0 spiro atoms. The summed E-state index contributed by atoms with van der Waals surface area (Å²) in [5.74, 6) is -0.118. The zero-order valence-corrected chi connectivity index (χ0v) is 12.5. The number of ether oxygens (including phenoxy) is 1. The maximum absolute atomic E-state index is 12.0. The van der Waals surface area contributed by atoms with E-state index in [0.717, 1.165) is 25.7 Å². The number of nitrogens with one attached hydrogen (secondary N) is 1. The minimum Gasteiger partial charge on any atom is -0.468 e. The molecule has 0 amide bonds. The Balaban J connectivity index is 2.78. The molecule has 0 aromatic rings. The average Bonchev–Trinajstić information content (AvgIpc) is 2.44. The first-order chi connectivity index (χ1) is 8.50. The minimum atomic E-state index is -0.487. The summed E-state index contributed by atoms with van der Waals surface area (Å²) in [5, 5.41) is 3.21. The van der Waals surface area contributed by atoms with Crippen molar-refractivity contribution in [3.8, 4) is 0 Å². The van der Waals surface area contributed by atoms with Crippen molar-refractivity contribution in [3.05, 3.63) is 0 Å². The van der Waals surface area contributed by atoms with E-state index in [-0.39, 0.29) is 5.97 Å². The highest BCUT2D eigenvalue weighted by Gasteiger charge is 2.43. The highest BCUT2D eigenvalue weighted by Crippen LogP contribution is 2.32. The van der Waals surface area contributed by atoms with Gasteiger partial charge >= 0.3 is 5.97 Å². The number of carbonyl (C=O) groups is 1. The molecule has 18 heavy (non-hydrogen) atoms. The Morgan fingerprint density at radius 3 is 2.78 bits per heavy atom. The van der Waals surface area contributed by atoms with Crippen LogP contribution >= 0.6 is 0 Å². The Morgan fingerprint density at radius 2 is 2.28 bits per heavy atom. The number of methoxy groups -OCH3 is 1. The lowest BCUT2D eigenvalue weighted by atomic mass is 9.78. The van der Waals surface area contributed by atoms with Gasteiger partial charge in [-0.25, -0.2) is 0 Å². The van der Waals surface area contributed by atoms with E-state index in [9.17, 15) is 4.79 Å². The molecule has 0 radical (unpaired) electrons. The molecule has 1 N–H and O–H groups in total. The second-order valence-electron chi connectivity index (χ2n) is 5.50. The molecule has 4 heteroatoms. The third-order valence-electron chi connectivity index (χ3n) is 4.64. The van der Waals surface area contributed by atoms with Crippen molar-refractivity contribution in [2.45, 2.75) is 63.6 Å². The molecular formula is C14H28N2O2. The zero-order valence-electron chi connectivity index (χ0n) is 12.5. The van der Waals surface area contributed by atoms with Crippen LogP contribution in [0.3, 0.4) is 0 Å². The fourth-order valence-corrected chi connectivity index (χ4v) is 2.95. The average molecular weight is 256 g/mol. The smallest absolute Gasteiger partial charge is 0.326 e. The first-order valence-corrected chi connectivity index (χ1v) is 7.00. The van der Waals surface area contributed by atoms with Gasteiger partial charge in [0.2, 0.25) is 0 Å². The van der Waals surface area contributed by atoms with E-state index in [0.29, 0.717) is 12.1 Å². The number of rotatable bonds is 5. The molecule has 1 saturated carbocycles. The molecule has 0 aromatic heterocycles. The largest absolute Gasteiger partial charge is 0.468 e.